The van der Waals surface area contributed by atoms with Gasteiger partial charge in [-0.2, -0.15) is 0 Å². The van der Waals surface area contributed by atoms with E-state index in [1.54, 1.807) is 6.08 Å². The Balaban J connectivity index is 1.99. The normalized spacial score (nSPS) is 32.2. The molecule has 2 saturated carbocycles. The largest absolute Gasteiger partial charge is 0.466 e. The molecule has 2 heteroatoms. The molecule has 12 heavy (non-hydrogen) atoms. The molecule has 2 aliphatic rings. The molecule has 0 radical (unpaired) electrons. The highest BCUT2D eigenvalue weighted by Gasteiger charge is 2.45. The molecule has 0 aromatic heterocycles. The summed E-state index contributed by atoms with van der Waals surface area (Å²) >= 11 is 0. The van der Waals surface area contributed by atoms with Crippen LogP contribution in [0.25, 0.3) is 0 Å². The van der Waals surface area contributed by atoms with Crippen molar-refractivity contribution in [2.45, 2.75) is 25.7 Å². The average molecular weight is 166 g/mol. The first-order valence-electron chi connectivity index (χ1n) is 4.62. The zero-order valence-corrected chi connectivity index (χ0v) is 7.38. The Labute approximate surface area is 72.6 Å². The molecule has 2 fully saturated rings. The Hall–Kier alpha value is -0.790. The van der Waals surface area contributed by atoms with Crippen molar-refractivity contribution in [3.8, 4) is 0 Å². The smallest absolute Gasteiger partial charge is 0.330 e. The number of ether oxygens (including phenoxy) is 1. The molecular formula is C10H14O2. The van der Waals surface area contributed by atoms with Crippen molar-refractivity contribution in [3.05, 3.63) is 11.6 Å². The van der Waals surface area contributed by atoms with Crippen LogP contribution in [0.3, 0.4) is 0 Å². The second-order valence-corrected chi connectivity index (χ2v) is 3.66. The molecule has 2 nitrogen and oxygen atoms in total. The van der Waals surface area contributed by atoms with E-state index in [-0.39, 0.29) is 5.97 Å². The fourth-order valence-corrected chi connectivity index (χ4v) is 2.28. The molecular weight excluding hydrogens is 152 g/mol. The van der Waals surface area contributed by atoms with E-state index in [4.69, 9.17) is 0 Å². The van der Waals surface area contributed by atoms with Crippen LogP contribution in [0.2, 0.25) is 0 Å². The van der Waals surface area contributed by atoms with Gasteiger partial charge in [-0.3, -0.25) is 0 Å². The Morgan fingerprint density at radius 2 is 2.00 bits per heavy atom. The lowest BCUT2D eigenvalue weighted by Crippen LogP contribution is -1.93. The van der Waals surface area contributed by atoms with E-state index in [2.05, 4.69) is 4.74 Å². The van der Waals surface area contributed by atoms with E-state index in [1.807, 2.05) is 0 Å². The van der Waals surface area contributed by atoms with Gasteiger partial charge in [-0.25, -0.2) is 4.79 Å². The van der Waals surface area contributed by atoms with Crippen LogP contribution in [0, 0.1) is 11.8 Å². The summed E-state index contributed by atoms with van der Waals surface area (Å²) in [7, 11) is 1.44. The lowest BCUT2D eigenvalue weighted by atomic mass is 10.0. The summed E-state index contributed by atoms with van der Waals surface area (Å²) < 4.78 is 4.59. The molecule has 2 atom stereocenters. The second kappa shape index (κ2) is 2.92. The van der Waals surface area contributed by atoms with Gasteiger partial charge in [-0.15, -0.1) is 0 Å². The van der Waals surface area contributed by atoms with E-state index >= 15 is 0 Å². The number of hydrogen-bond acceptors (Lipinski definition) is 2. The number of methoxy groups -OCH3 is 1. The molecule has 0 aromatic rings. The maximum Gasteiger partial charge on any atom is 0.330 e. The monoisotopic (exact) mass is 166 g/mol. The summed E-state index contributed by atoms with van der Waals surface area (Å²) in [4.78, 5) is 10.9. The SMILES string of the molecule is COC(=O)C=C1C2CCCCC12. The fraction of sp³-hybridized carbons (Fsp3) is 0.700. The third-order valence-electron chi connectivity index (χ3n) is 3.00. The van der Waals surface area contributed by atoms with Crippen LogP contribution in [0.4, 0.5) is 0 Å². The molecule has 2 unspecified atom stereocenters. The lowest BCUT2D eigenvalue weighted by Gasteiger charge is -2.04. The van der Waals surface area contributed by atoms with Crippen LogP contribution in [0.5, 0.6) is 0 Å². The van der Waals surface area contributed by atoms with E-state index in [1.165, 1.54) is 38.4 Å². The summed E-state index contributed by atoms with van der Waals surface area (Å²) in [5, 5.41) is 0. The van der Waals surface area contributed by atoms with Crippen molar-refractivity contribution < 1.29 is 9.53 Å². The summed E-state index contributed by atoms with van der Waals surface area (Å²) in [6.45, 7) is 0. The Morgan fingerprint density at radius 3 is 2.50 bits per heavy atom. The summed E-state index contributed by atoms with van der Waals surface area (Å²) in [5.41, 5.74) is 1.35. The van der Waals surface area contributed by atoms with E-state index < -0.39 is 0 Å². The molecule has 2 rings (SSSR count). The zero-order valence-electron chi connectivity index (χ0n) is 7.38. The van der Waals surface area contributed by atoms with Gasteiger partial charge in [-0.05, 0) is 24.7 Å². The zero-order chi connectivity index (χ0) is 8.55. The highest BCUT2D eigenvalue weighted by molar-refractivity contribution is 5.83. The highest BCUT2D eigenvalue weighted by Crippen LogP contribution is 2.54. The van der Waals surface area contributed by atoms with Crippen LogP contribution in [0.1, 0.15) is 25.7 Å². The summed E-state index contributed by atoms with van der Waals surface area (Å²) in [5.74, 6) is 1.29. The van der Waals surface area contributed by atoms with Crippen molar-refractivity contribution in [1.29, 1.82) is 0 Å². The highest BCUT2D eigenvalue weighted by atomic mass is 16.5. The molecule has 66 valence electrons. The maximum absolute atomic E-state index is 10.9. The number of fused-ring (bicyclic) bond motifs is 1. The quantitative estimate of drug-likeness (QED) is 0.439. The van der Waals surface area contributed by atoms with Gasteiger partial charge in [0.2, 0.25) is 0 Å². The van der Waals surface area contributed by atoms with Gasteiger partial charge < -0.3 is 4.74 Å². The first-order chi connectivity index (χ1) is 5.83. The second-order valence-electron chi connectivity index (χ2n) is 3.66. The number of carbonyl (C=O) groups excluding carboxylic acids is 1. The molecule has 0 heterocycles. The van der Waals surface area contributed by atoms with E-state index in [9.17, 15) is 4.79 Å². The standard InChI is InChI=1S/C10H14O2/c1-12-10(11)6-9-7-4-2-3-5-8(7)9/h6-8H,2-5H2,1H3. The van der Waals surface area contributed by atoms with E-state index in [0.29, 0.717) is 0 Å². The third kappa shape index (κ3) is 1.26. The molecule has 0 aliphatic heterocycles. The molecule has 0 bridgehead atoms. The molecule has 0 saturated heterocycles. The predicted molar refractivity (Wildman–Crippen MR) is 45.5 cm³/mol. The van der Waals surface area contributed by atoms with Gasteiger partial charge in [-0.1, -0.05) is 18.4 Å². The predicted octanol–water partition coefficient (Wildman–Crippen LogP) is 1.91. The number of esters is 1. The first kappa shape index (κ1) is 7.84. The Morgan fingerprint density at radius 1 is 1.42 bits per heavy atom. The number of hydrogen-bond donors (Lipinski definition) is 0. The van der Waals surface area contributed by atoms with Gasteiger partial charge >= 0.3 is 5.97 Å². The first-order valence-corrected chi connectivity index (χ1v) is 4.62. The van der Waals surface area contributed by atoms with Crippen LogP contribution in [0.15, 0.2) is 11.6 Å². The van der Waals surface area contributed by atoms with Gasteiger partial charge in [0, 0.05) is 6.08 Å². The van der Waals surface area contributed by atoms with Crippen molar-refractivity contribution in [2.75, 3.05) is 7.11 Å². The van der Waals surface area contributed by atoms with Crippen LogP contribution >= 0.6 is 0 Å². The van der Waals surface area contributed by atoms with Crippen molar-refractivity contribution in [1.82, 2.24) is 0 Å². The van der Waals surface area contributed by atoms with Crippen molar-refractivity contribution >= 4 is 5.97 Å². The van der Waals surface area contributed by atoms with Crippen LogP contribution in [-0.2, 0) is 9.53 Å². The minimum absolute atomic E-state index is 0.181. The number of carbonyl (C=O) groups is 1. The van der Waals surface area contributed by atoms with Gasteiger partial charge in [0.25, 0.3) is 0 Å². The summed E-state index contributed by atoms with van der Waals surface area (Å²) in [6.07, 6.45) is 6.93. The van der Waals surface area contributed by atoms with E-state index in [0.717, 1.165) is 11.8 Å². The Kier molecular flexibility index (Phi) is 1.91. The minimum atomic E-state index is -0.181. The average Bonchev–Trinajstić information content (AvgIpc) is 2.80. The van der Waals surface area contributed by atoms with Crippen LogP contribution in [-0.4, -0.2) is 13.1 Å². The molecule has 0 spiro atoms. The van der Waals surface area contributed by atoms with Crippen molar-refractivity contribution in [3.63, 3.8) is 0 Å². The van der Waals surface area contributed by atoms with Crippen molar-refractivity contribution in [2.24, 2.45) is 11.8 Å². The molecule has 0 aromatic carbocycles. The molecule has 0 N–H and O–H groups in total. The Bertz CT molecular complexity index is 216. The number of allylic oxidation sites excluding steroid dienone is 1. The van der Waals surface area contributed by atoms with Gasteiger partial charge in [0.15, 0.2) is 0 Å². The molecule has 0 amide bonds. The minimum Gasteiger partial charge on any atom is -0.466 e. The third-order valence-corrected chi connectivity index (χ3v) is 3.00. The van der Waals surface area contributed by atoms with Gasteiger partial charge in [0.05, 0.1) is 7.11 Å². The topological polar surface area (TPSA) is 26.3 Å². The molecule has 2 aliphatic carbocycles. The lowest BCUT2D eigenvalue weighted by molar-refractivity contribution is -0.134. The fourth-order valence-electron chi connectivity index (χ4n) is 2.28. The van der Waals surface area contributed by atoms with Crippen LogP contribution < -0.4 is 0 Å². The van der Waals surface area contributed by atoms with Gasteiger partial charge in [0.1, 0.15) is 0 Å². The summed E-state index contributed by atoms with van der Waals surface area (Å²) in [6, 6.07) is 0. The number of rotatable bonds is 1. The maximum atomic E-state index is 10.9.